The number of rotatable bonds is 7. The molecule has 27 heavy (non-hydrogen) atoms. The van der Waals surface area contributed by atoms with Gasteiger partial charge in [-0.1, -0.05) is 84.9 Å². The number of carbonyl (C=O) groups is 2. The number of hydrogen-bond acceptors (Lipinski definition) is 3. The van der Waals surface area contributed by atoms with E-state index in [4.69, 9.17) is 0 Å². The van der Waals surface area contributed by atoms with E-state index in [0.29, 0.717) is 23.1 Å². The summed E-state index contributed by atoms with van der Waals surface area (Å²) in [6.07, 6.45) is 0.332. The molecule has 0 saturated carbocycles. The van der Waals surface area contributed by atoms with Crippen LogP contribution >= 0.6 is 12.6 Å². The highest BCUT2D eigenvalue weighted by atomic mass is 32.1. The molecule has 0 radical (unpaired) electrons. The SMILES string of the molecule is O=C(c1ccccc1)c1ccc(C(CS)(Cc2ccccc2)C(=O)O)cc1. The maximum absolute atomic E-state index is 12.6. The van der Waals surface area contributed by atoms with Gasteiger partial charge in [0.25, 0.3) is 0 Å². The van der Waals surface area contributed by atoms with Gasteiger partial charge in [-0.05, 0) is 17.5 Å². The molecule has 0 amide bonds. The number of aliphatic carboxylic acids is 1. The molecule has 3 rings (SSSR count). The van der Waals surface area contributed by atoms with Crippen LogP contribution in [0.15, 0.2) is 84.9 Å². The molecule has 0 spiro atoms. The smallest absolute Gasteiger partial charge is 0.315 e. The summed E-state index contributed by atoms with van der Waals surface area (Å²) in [5, 5.41) is 9.98. The first-order chi connectivity index (χ1) is 13.1. The Morgan fingerprint density at radius 1 is 0.778 bits per heavy atom. The van der Waals surface area contributed by atoms with Crippen molar-refractivity contribution >= 4 is 24.4 Å². The molecule has 136 valence electrons. The van der Waals surface area contributed by atoms with Crippen LogP contribution in [0.4, 0.5) is 0 Å². The van der Waals surface area contributed by atoms with Crippen LogP contribution in [-0.4, -0.2) is 22.6 Å². The third-order valence-corrected chi connectivity index (χ3v) is 5.30. The molecule has 0 aliphatic rings. The van der Waals surface area contributed by atoms with Gasteiger partial charge >= 0.3 is 5.97 Å². The van der Waals surface area contributed by atoms with Gasteiger partial charge in [0.15, 0.2) is 5.78 Å². The Balaban J connectivity index is 1.94. The fourth-order valence-electron chi connectivity index (χ4n) is 3.16. The minimum atomic E-state index is -1.15. The molecule has 1 atom stereocenters. The maximum Gasteiger partial charge on any atom is 0.315 e. The Morgan fingerprint density at radius 3 is 1.81 bits per heavy atom. The summed E-state index contributed by atoms with van der Waals surface area (Å²) in [4.78, 5) is 24.8. The zero-order chi connectivity index (χ0) is 19.3. The number of carbonyl (C=O) groups excluding carboxylic acids is 1. The van der Waals surface area contributed by atoms with E-state index < -0.39 is 11.4 Å². The Morgan fingerprint density at radius 2 is 1.30 bits per heavy atom. The van der Waals surface area contributed by atoms with Crippen molar-refractivity contribution in [3.8, 4) is 0 Å². The largest absolute Gasteiger partial charge is 0.481 e. The first kappa shape index (κ1) is 18.9. The molecule has 4 heteroatoms. The van der Waals surface area contributed by atoms with Gasteiger partial charge in [0.05, 0.1) is 0 Å². The molecular weight excluding hydrogens is 356 g/mol. The number of carboxylic acids is 1. The maximum atomic E-state index is 12.6. The predicted octanol–water partition coefficient (Wildman–Crippen LogP) is 4.41. The third-order valence-electron chi connectivity index (χ3n) is 4.76. The number of hydrogen-bond donors (Lipinski definition) is 2. The van der Waals surface area contributed by atoms with Crippen molar-refractivity contribution < 1.29 is 14.7 Å². The number of thiol groups is 1. The van der Waals surface area contributed by atoms with Crippen LogP contribution in [0.3, 0.4) is 0 Å². The molecule has 0 aliphatic heterocycles. The zero-order valence-electron chi connectivity index (χ0n) is 14.7. The van der Waals surface area contributed by atoms with Gasteiger partial charge in [0.1, 0.15) is 5.41 Å². The van der Waals surface area contributed by atoms with Crippen LogP contribution in [0.25, 0.3) is 0 Å². The Bertz CT molecular complexity index is 921. The van der Waals surface area contributed by atoms with E-state index in [2.05, 4.69) is 12.6 Å². The predicted molar refractivity (Wildman–Crippen MR) is 110 cm³/mol. The second-order valence-electron chi connectivity index (χ2n) is 6.48. The molecule has 3 aromatic rings. The Hall–Kier alpha value is -2.85. The highest BCUT2D eigenvalue weighted by Gasteiger charge is 2.39. The highest BCUT2D eigenvalue weighted by molar-refractivity contribution is 7.80. The molecule has 1 N–H and O–H groups in total. The molecule has 0 saturated heterocycles. The minimum Gasteiger partial charge on any atom is -0.481 e. The average Bonchev–Trinajstić information content (AvgIpc) is 2.73. The number of ketones is 1. The molecular formula is C23H20O3S. The Labute approximate surface area is 164 Å². The molecule has 0 fully saturated rings. The van der Waals surface area contributed by atoms with Gasteiger partial charge < -0.3 is 5.11 Å². The van der Waals surface area contributed by atoms with Gasteiger partial charge in [-0.15, -0.1) is 0 Å². The summed E-state index contributed by atoms with van der Waals surface area (Å²) in [6, 6.07) is 25.4. The minimum absolute atomic E-state index is 0.0861. The van der Waals surface area contributed by atoms with Gasteiger partial charge in [-0.25, -0.2) is 0 Å². The van der Waals surface area contributed by atoms with Crippen molar-refractivity contribution in [3.05, 3.63) is 107 Å². The standard InChI is InChI=1S/C23H20O3S/c24-21(18-9-5-2-6-10-18)19-11-13-20(14-12-19)23(16-27,22(25)26)15-17-7-3-1-4-8-17/h1-14,27H,15-16H2,(H,25,26). The lowest BCUT2D eigenvalue weighted by atomic mass is 9.76. The lowest BCUT2D eigenvalue weighted by molar-refractivity contribution is -0.142. The van der Waals surface area contributed by atoms with E-state index >= 15 is 0 Å². The van der Waals surface area contributed by atoms with Crippen molar-refractivity contribution in [3.63, 3.8) is 0 Å². The Kier molecular flexibility index (Phi) is 5.77. The van der Waals surface area contributed by atoms with Gasteiger partial charge in [0, 0.05) is 16.9 Å². The molecule has 3 aromatic carbocycles. The van der Waals surface area contributed by atoms with Crippen molar-refractivity contribution in [2.75, 3.05) is 5.75 Å². The lowest BCUT2D eigenvalue weighted by Crippen LogP contribution is -2.40. The van der Waals surface area contributed by atoms with Crippen LogP contribution in [0.5, 0.6) is 0 Å². The number of carboxylic acid groups (broad SMARTS) is 1. The summed E-state index contributed by atoms with van der Waals surface area (Å²) in [7, 11) is 0. The first-order valence-corrected chi connectivity index (χ1v) is 9.28. The fourth-order valence-corrected chi connectivity index (χ4v) is 3.59. The van der Waals surface area contributed by atoms with Crippen LogP contribution < -0.4 is 0 Å². The molecule has 0 aliphatic carbocycles. The van der Waals surface area contributed by atoms with E-state index in [-0.39, 0.29) is 11.5 Å². The lowest BCUT2D eigenvalue weighted by Gasteiger charge is -2.28. The summed E-state index contributed by atoms with van der Waals surface area (Å²) in [5.41, 5.74) is 1.55. The second-order valence-corrected chi connectivity index (χ2v) is 6.80. The number of benzene rings is 3. The van der Waals surface area contributed by atoms with Crippen molar-refractivity contribution in [1.82, 2.24) is 0 Å². The second kappa shape index (κ2) is 8.23. The molecule has 0 heterocycles. The van der Waals surface area contributed by atoms with Crippen molar-refractivity contribution in [2.24, 2.45) is 0 Å². The zero-order valence-corrected chi connectivity index (χ0v) is 15.6. The van der Waals surface area contributed by atoms with E-state index in [1.54, 1.807) is 36.4 Å². The van der Waals surface area contributed by atoms with Gasteiger partial charge in [-0.2, -0.15) is 12.6 Å². The van der Waals surface area contributed by atoms with Gasteiger partial charge in [0.2, 0.25) is 0 Å². The molecule has 0 bridgehead atoms. The van der Waals surface area contributed by atoms with Crippen molar-refractivity contribution in [1.29, 1.82) is 0 Å². The van der Waals surface area contributed by atoms with Crippen LogP contribution in [0.1, 0.15) is 27.0 Å². The third kappa shape index (κ3) is 3.96. The van der Waals surface area contributed by atoms with Crippen LogP contribution in [0.2, 0.25) is 0 Å². The molecule has 0 aromatic heterocycles. The summed E-state index contributed by atoms with van der Waals surface area (Å²) >= 11 is 4.36. The van der Waals surface area contributed by atoms with E-state index in [0.717, 1.165) is 5.56 Å². The van der Waals surface area contributed by atoms with Crippen molar-refractivity contribution in [2.45, 2.75) is 11.8 Å². The molecule has 1 unspecified atom stereocenters. The topological polar surface area (TPSA) is 54.4 Å². The monoisotopic (exact) mass is 376 g/mol. The summed E-state index contributed by atoms with van der Waals surface area (Å²) in [5.74, 6) is -0.857. The highest BCUT2D eigenvalue weighted by Crippen LogP contribution is 2.31. The normalized spacial score (nSPS) is 12.9. The summed E-state index contributed by atoms with van der Waals surface area (Å²) in [6.45, 7) is 0. The van der Waals surface area contributed by atoms with Gasteiger partial charge in [-0.3, -0.25) is 9.59 Å². The average molecular weight is 376 g/mol. The fraction of sp³-hybridized carbons (Fsp3) is 0.130. The quantitative estimate of drug-likeness (QED) is 0.474. The first-order valence-electron chi connectivity index (χ1n) is 8.65. The van der Waals surface area contributed by atoms with Crippen LogP contribution in [-0.2, 0) is 16.6 Å². The van der Waals surface area contributed by atoms with E-state index in [1.807, 2.05) is 48.5 Å². The van der Waals surface area contributed by atoms with Crippen LogP contribution in [0, 0.1) is 0 Å². The van der Waals surface area contributed by atoms with E-state index in [9.17, 15) is 14.7 Å². The summed E-state index contributed by atoms with van der Waals surface area (Å²) < 4.78 is 0. The van der Waals surface area contributed by atoms with E-state index in [1.165, 1.54) is 0 Å². The molecule has 3 nitrogen and oxygen atoms in total.